The molecule has 0 aliphatic rings. The van der Waals surface area contributed by atoms with Gasteiger partial charge in [-0.3, -0.25) is 4.98 Å². The van der Waals surface area contributed by atoms with Crippen molar-refractivity contribution < 1.29 is 18.3 Å². The molecule has 1 rings (SSSR count). The summed E-state index contributed by atoms with van der Waals surface area (Å²) in [7, 11) is 0. The number of rotatable bonds is 4. The third-order valence-corrected chi connectivity index (χ3v) is 1.99. The highest BCUT2D eigenvalue weighted by Gasteiger charge is 2.37. The number of aryl methyl sites for hydroxylation is 1. The van der Waals surface area contributed by atoms with Gasteiger partial charge in [0.2, 0.25) is 0 Å². The molecule has 2 N–H and O–H groups in total. The summed E-state index contributed by atoms with van der Waals surface area (Å²) in [5.74, 6) is 0. The van der Waals surface area contributed by atoms with Crippen LogP contribution in [0.25, 0.3) is 0 Å². The maximum Gasteiger partial charge on any atom is 0.415 e. The molecule has 0 bridgehead atoms. The van der Waals surface area contributed by atoms with Crippen LogP contribution in [0.5, 0.6) is 0 Å². The maximum atomic E-state index is 11.9. The van der Waals surface area contributed by atoms with E-state index in [1.807, 2.05) is 13.0 Å². The summed E-state index contributed by atoms with van der Waals surface area (Å²) in [5, 5.41) is 11.2. The summed E-state index contributed by atoms with van der Waals surface area (Å²) in [4.78, 5) is 4.01. The summed E-state index contributed by atoms with van der Waals surface area (Å²) >= 11 is 0. The molecule has 0 aromatic carbocycles. The minimum atomic E-state index is -4.58. The molecule has 1 unspecified atom stereocenters. The number of hydrogen-bond donors (Lipinski definition) is 2. The fraction of sp³-hybridized carbons (Fsp3) is 0.500. The van der Waals surface area contributed by atoms with Crippen molar-refractivity contribution in [2.75, 3.05) is 6.54 Å². The van der Waals surface area contributed by atoms with E-state index in [-0.39, 0.29) is 6.54 Å². The molecule has 0 amide bonds. The highest BCUT2D eigenvalue weighted by molar-refractivity contribution is 5.11. The van der Waals surface area contributed by atoms with Gasteiger partial charge in [0.05, 0.1) is 5.69 Å². The Hall–Kier alpha value is -1.14. The Labute approximate surface area is 91.3 Å². The van der Waals surface area contributed by atoms with Gasteiger partial charge in [0.1, 0.15) is 0 Å². The molecule has 0 fully saturated rings. The van der Waals surface area contributed by atoms with Gasteiger partial charge in [-0.25, -0.2) is 0 Å². The lowest BCUT2D eigenvalue weighted by molar-refractivity contribution is -0.201. The molecule has 6 heteroatoms. The molecule has 90 valence electrons. The van der Waals surface area contributed by atoms with Gasteiger partial charge in [0, 0.05) is 19.3 Å². The Balaban J connectivity index is 2.33. The number of nitrogens with one attached hydrogen (secondary N) is 1. The smallest absolute Gasteiger partial charge is 0.382 e. The first-order valence-corrected chi connectivity index (χ1v) is 4.76. The van der Waals surface area contributed by atoms with Gasteiger partial charge in [0.25, 0.3) is 0 Å². The molecule has 0 aliphatic carbocycles. The lowest BCUT2D eigenvalue weighted by Crippen LogP contribution is -2.38. The van der Waals surface area contributed by atoms with Gasteiger partial charge in [0.15, 0.2) is 6.10 Å². The number of pyridine rings is 1. The van der Waals surface area contributed by atoms with E-state index in [4.69, 9.17) is 5.11 Å². The fourth-order valence-corrected chi connectivity index (χ4v) is 1.06. The number of aliphatic hydroxyl groups is 1. The van der Waals surface area contributed by atoms with Crippen molar-refractivity contribution >= 4 is 0 Å². The average Bonchev–Trinajstić information content (AvgIpc) is 2.19. The van der Waals surface area contributed by atoms with E-state index in [1.54, 1.807) is 12.3 Å². The number of halogens is 3. The van der Waals surface area contributed by atoms with Crippen molar-refractivity contribution in [3.8, 4) is 0 Å². The van der Waals surface area contributed by atoms with Crippen molar-refractivity contribution in [3.05, 3.63) is 29.6 Å². The standard InChI is InChI=1S/C10H13F3N2O/c1-7-2-3-8(15-4-7)5-14-6-9(16)10(11,12)13/h2-4,9,14,16H,5-6H2,1H3. The lowest BCUT2D eigenvalue weighted by Gasteiger charge is -2.14. The van der Waals surface area contributed by atoms with Crippen molar-refractivity contribution in [3.63, 3.8) is 0 Å². The Morgan fingerprint density at radius 1 is 1.44 bits per heavy atom. The van der Waals surface area contributed by atoms with Crippen LogP contribution in [0.1, 0.15) is 11.3 Å². The van der Waals surface area contributed by atoms with E-state index in [0.29, 0.717) is 5.69 Å². The van der Waals surface area contributed by atoms with Gasteiger partial charge in [-0.2, -0.15) is 13.2 Å². The SMILES string of the molecule is Cc1ccc(CNCC(O)C(F)(F)F)nc1. The molecule has 0 spiro atoms. The second kappa shape index (κ2) is 5.27. The zero-order valence-corrected chi connectivity index (χ0v) is 8.75. The van der Waals surface area contributed by atoms with Crippen LogP contribution in [0.3, 0.4) is 0 Å². The molecule has 1 aromatic heterocycles. The monoisotopic (exact) mass is 234 g/mol. The first-order valence-electron chi connectivity index (χ1n) is 4.76. The Morgan fingerprint density at radius 3 is 2.62 bits per heavy atom. The number of nitrogens with zero attached hydrogens (tertiary/aromatic N) is 1. The topological polar surface area (TPSA) is 45.1 Å². The van der Waals surface area contributed by atoms with E-state index < -0.39 is 18.8 Å². The molecule has 1 aromatic rings. The summed E-state index contributed by atoms with van der Waals surface area (Å²) in [6.45, 7) is 1.55. The maximum absolute atomic E-state index is 11.9. The van der Waals surface area contributed by atoms with Crippen LogP contribution in [0.4, 0.5) is 13.2 Å². The molecule has 0 saturated carbocycles. The third kappa shape index (κ3) is 4.16. The average molecular weight is 234 g/mol. The van der Waals surface area contributed by atoms with Crippen molar-refractivity contribution in [2.24, 2.45) is 0 Å². The van der Waals surface area contributed by atoms with E-state index in [1.165, 1.54) is 0 Å². The quantitative estimate of drug-likeness (QED) is 0.827. The number of aliphatic hydroxyl groups excluding tert-OH is 1. The van der Waals surface area contributed by atoms with Crippen molar-refractivity contribution in [1.82, 2.24) is 10.3 Å². The van der Waals surface area contributed by atoms with Gasteiger partial charge in [-0.15, -0.1) is 0 Å². The molecule has 0 saturated heterocycles. The molecular formula is C10H13F3N2O. The first-order chi connectivity index (χ1) is 7.39. The van der Waals surface area contributed by atoms with Crippen LogP contribution in [0.15, 0.2) is 18.3 Å². The van der Waals surface area contributed by atoms with Gasteiger partial charge < -0.3 is 10.4 Å². The summed E-state index contributed by atoms with van der Waals surface area (Å²) in [6.07, 6.45) is -5.27. The van der Waals surface area contributed by atoms with Gasteiger partial charge >= 0.3 is 6.18 Å². The highest BCUT2D eigenvalue weighted by atomic mass is 19.4. The van der Waals surface area contributed by atoms with E-state index in [2.05, 4.69) is 10.3 Å². The zero-order valence-electron chi connectivity index (χ0n) is 8.75. The minimum absolute atomic E-state index is 0.202. The predicted molar refractivity (Wildman–Crippen MR) is 52.7 cm³/mol. The normalized spacial score (nSPS) is 13.8. The minimum Gasteiger partial charge on any atom is -0.382 e. The number of aromatic nitrogens is 1. The first kappa shape index (κ1) is 12.9. The second-order valence-electron chi connectivity index (χ2n) is 3.52. The lowest BCUT2D eigenvalue weighted by atomic mass is 10.2. The zero-order chi connectivity index (χ0) is 12.2. The molecule has 16 heavy (non-hydrogen) atoms. The number of alkyl halides is 3. The van der Waals surface area contributed by atoms with E-state index in [0.717, 1.165) is 5.56 Å². The molecule has 0 aliphatic heterocycles. The Kier molecular flexibility index (Phi) is 4.26. The van der Waals surface area contributed by atoms with Crippen LogP contribution in [-0.2, 0) is 6.54 Å². The predicted octanol–water partition coefficient (Wildman–Crippen LogP) is 1.40. The Bertz CT molecular complexity index is 324. The number of hydrogen-bond acceptors (Lipinski definition) is 3. The van der Waals surface area contributed by atoms with Gasteiger partial charge in [-0.1, -0.05) is 6.07 Å². The molecular weight excluding hydrogens is 221 g/mol. The van der Waals surface area contributed by atoms with Crippen LogP contribution in [0.2, 0.25) is 0 Å². The molecule has 1 atom stereocenters. The largest absolute Gasteiger partial charge is 0.415 e. The van der Waals surface area contributed by atoms with Crippen LogP contribution >= 0.6 is 0 Å². The van der Waals surface area contributed by atoms with Crippen LogP contribution < -0.4 is 5.32 Å². The Morgan fingerprint density at radius 2 is 2.12 bits per heavy atom. The van der Waals surface area contributed by atoms with Crippen molar-refractivity contribution in [1.29, 1.82) is 0 Å². The third-order valence-electron chi connectivity index (χ3n) is 1.99. The molecule has 0 radical (unpaired) electrons. The van der Waals surface area contributed by atoms with Crippen molar-refractivity contribution in [2.45, 2.75) is 25.7 Å². The van der Waals surface area contributed by atoms with E-state index >= 15 is 0 Å². The highest BCUT2D eigenvalue weighted by Crippen LogP contribution is 2.19. The van der Waals surface area contributed by atoms with E-state index in [9.17, 15) is 13.2 Å². The second-order valence-corrected chi connectivity index (χ2v) is 3.52. The molecule has 1 heterocycles. The summed E-state index contributed by atoms with van der Waals surface area (Å²) < 4.78 is 35.8. The fourth-order valence-electron chi connectivity index (χ4n) is 1.06. The summed E-state index contributed by atoms with van der Waals surface area (Å²) in [6, 6.07) is 3.55. The van der Waals surface area contributed by atoms with Crippen LogP contribution in [0, 0.1) is 6.92 Å². The van der Waals surface area contributed by atoms with Gasteiger partial charge in [-0.05, 0) is 18.6 Å². The van der Waals surface area contributed by atoms with Crippen LogP contribution in [-0.4, -0.2) is 28.9 Å². The molecule has 3 nitrogen and oxygen atoms in total. The summed E-state index contributed by atoms with van der Waals surface area (Å²) in [5.41, 5.74) is 1.62.